The van der Waals surface area contributed by atoms with E-state index in [4.69, 9.17) is 5.14 Å². The van der Waals surface area contributed by atoms with E-state index in [1.807, 2.05) is 0 Å². The van der Waals surface area contributed by atoms with Gasteiger partial charge < -0.3 is 4.90 Å². The van der Waals surface area contributed by atoms with Crippen LogP contribution >= 0.6 is 0 Å². The predicted molar refractivity (Wildman–Crippen MR) is 63.8 cm³/mol. The van der Waals surface area contributed by atoms with Gasteiger partial charge in [0.25, 0.3) is 16.1 Å². The number of nitrogens with two attached hydrogens (primary N) is 1. The third-order valence-electron chi connectivity index (χ3n) is 2.84. The van der Waals surface area contributed by atoms with Gasteiger partial charge >= 0.3 is 0 Å². The second kappa shape index (κ2) is 4.67. The second-order valence-electron chi connectivity index (χ2n) is 4.14. The molecule has 100 valence electrons. The summed E-state index contributed by atoms with van der Waals surface area (Å²) in [6.45, 7) is 1.13. The number of hydrogen-bond acceptors (Lipinski definition) is 4. The molecule has 1 aromatic heterocycles. The van der Waals surface area contributed by atoms with Gasteiger partial charge in [-0.2, -0.15) is 17.8 Å². The lowest BCUT2D eigenvalue weighted by Gasteiger charge is -2.32. The third-order valence-corrected chi connectivity index (χ3v) is 3.92. The fourth-order valence-corrected chi connectivity index (χ4v) is 2.53. The largest absolute Gasteiger partial charge is 0.336 e. The molecule has 0 aliphatic carbocycles. The van der Waals surface area contributed by atoms with Gasteiger partial charge in [0.05, 0.1) is 11.8 Å². The van der Waals surface area contributed by atoms with E-state index in [2.05, 4.69) is 5.10 Å². The van der Waals surface area contributed by atoms with Crippen LogP contribution in [0.25, 0.3) is 0 Å². The molecule has 1 saturated heterocycles. The Hall–Kier alpha value is -1.45. The van der Waals surface area contributed by atoms with Gasteiger partial charge in [0.1, 0.15) is 0 Å². The van der Waals surface area contributed by atoms with Gasteiger partial charge in [0.15, 0.2) is 0 Å². The van der Waals surface area contributed by atoms with E-state index in [1.165, 1.54) is 10.5 Å². The zero-order chi connectivity index (χ0) is 13.3. The molecule has 2 N–H and O–H groups in total. The lowest BCUT2D eigenvalue weighted by molar-refractivity contribution is 0.0698. The Labute approximate surface area is 105 Å². The normalized spacial score (nSPS) is 18.0. The van der Waals surface area contributed by atoms with E-state index < -0.39 is 10.2 Å². The van der Waals surface area contributed by atoms with Crippen LogP contribution in [0.4, 0.5) is 0 Å². The lowest BCUT2D eigenvalue weighted by Crippen LogP contribution is -2.52. The number of piperazine rings is 1. The Bertz CT molecular complexity index is 544. The standard InChI is InChI=1S/C9H15N5O3S/c1-12-7-8(6-11-12)9(15)13-2-4-14(5-3-13)18(10,16)17/h6-7H,2-5H2,1H3,(H2,10,16,17). The van der Waals surface area contributed by atoms with Gasteiger partial charge in [0.2, 0.25) is 0 Å². The van der Waals surface area contributed by atoms with E-state index in [0.29, 0.717) is 18.7 Å². The summed E-state index contributed by atoms with van der Waals surface area (Å²) >= 11 is 0. The summed E-state index contributed by atoms with van der Waals surface area (Å²) in [6.07, 6.45) is 3.13. The van der Waals surface area contributed by atoms with Crippen molar-refractivity contribution in [3.05, 3.63) is 18.0 Å². The van der Waals surface area contributed by atoms with Crippen molar-refractivity contribution in [3.63, 3.8) is 0 Å². The molecule has 0 saturated carbocycles. The van der Waals surface area contributed by atoms with Gasteiger partial charge in [-0.25, -0.2) is 5.14 Å². The maximum absolute atomic E-state index is 12.0. The van der Waals surface area contributed by atoms with Crippen molar-refractivity contribution in [3.8, 4) is 0 Å². The van der Waals surface area contributed by atoms with Crippen LogP contribution in [0.2, 0.25) is 0 Å². The van der Waals surface area contributed by atoms with E-state index in [-0.39, 0.29) is 19.0 Å². The van der Waals surface area contributed by atoms with Crippen molar-refractivity contribution in [2.24, 2.45) is 12.2 Å². The quantitative estimate of drug-likeness (QED) is 0.699. The number of carbonyl (C=O) groups is 1. The summed E-state index contributed by atoms with van der Waals surface area (Å²) in [4.78, 5) is 13.6. The van der Waals surface area contributed by atoms with Crippen LogP contribution in [0, 0.1) is 0 Å². The van der Waals surface area contributed by atoms with Gasteiger partial charge in [-0.05, 0) is 0 Å². The molecule has 1 aliphatic rings. The number of rotatable bonds is 2. The summed E-state index contributed by atoms with van der Waals surface area (Å²) in [6, 6.07) is 0. The smallest absolute Gasteiger partial charge is 0.277 e. The first kappa shape index (κ1) is 13.0. The van der Waals surface area contributed by atoms with Crippen molar-refractivity contribution in [1.82, 2.24) is 19.0 Å². The number of carbonyl (C=O) groups excluding carboxylic acids is 1. The average Bonchev–Trinajstić information content (AvgIpc) is 2.74. The van der Waals surface area contributed by atoms with Gasteiger partial charge in [-0.3, -0.25) is 9.48 Å². The van der Waals surface area contributed by atoms with Crippen LogP contribution in [-0.2, 0) is 17.3 Å². The molecule has 2 heterocycles. The molecule has 1 amide bonds. The van der Waals surface area contributed by atoms with Crippen LogP contribution in [-0.4, -0.2) is 59.5 Å². The monoisotopic (exact) mass is 273 g/mol. The fourth-order valence-electron chi connectivity index (χ4n) is 1.86. The molecule has 0 unspecified atom stereocenters. The summed E-state index contributed by atoms with van der Waals surface area (Å²) < 4.78 is 25.0. The maximum Gasteiger partial charge on any atom is 0.277 e. The highest BCUT2D eigenvalue weighted by molar-refractivity contribution is 7.86. The summed E-state index contributed by atoms with van der Waals surface area (Å²) in [5.74, 6) is -0.142. The highest BCUT2D eigenvalue weighted by Crippen LogP contribution is 2.09. The van der Waals surface area contributed by atoms with E-state index >= 15 is 0 Å². The third kappa shape index (κ3) is 2.68. The number of amides is 1. The topological polar surface area (TPSA) is 102 Å². The lowest BCUT2D eigenvalue weighted by atomic mass is 10.2. The van der Waals surface area contributed by atoms with Gasteiger partial charge in [-0.15, -0.1) is 0 Å². The minimum atomic E-state index is -3.66. The predicted octanol–water partition coefficient (Wildman–Crippen LogP) is -1.62. The highest BCUT2D eigenvalue weighted by Gasteiger charge is 2.27. The molecule has 0 aromatic carbocycles. The van der Waals surface area contributed by atoms with E-state index in [1.54, 1.807) is 22.8 Å². The number of aromatic nitrogens is 2. The van der Waals surface area contributed by atoms with Crippen molar-refractivity contribution in [2.45, 2.75) is 0 Å². The minimum absolute atomic E-state index is 0.142. The zero-order valence-electron chi connectivity index (χ0n) is 9.98. The van der Waals surface area contributed by atoms with Crippen molar-refractivity contribution >= 4 is 16.1 Å². The Kier molecular flexibility index (Phi) is 3.37. The molecular formula is C9H15N5O3S. The van der Waals surface area contributed by atoms with Crippen molar-refractivity contribution in [2.75, 3.05) is 26.2 Å². The van der Waals surface area contributed by atoms with Crippen LogP contribution in [0.5, 0.6) is 0 Å². The molecule has 0 bridgehead atoms. The number of hydrogen-bond donors (Lipinski definition) is 1. The minimum Gasteiger partial charge on any atom is -0.336 e. The van der Waals surface area contributed by atoms with Crippen LogP contribution in [0.1, 0.15) is 10.4 Å². The first-order chi connectivity index (χ1) is 8.38. The molecule has 9 heteroatoms. The number of aryl methyl sites for hydroxylation is 1. The first-order valence-corrected chi connectivity index (χ1v) is 6.94. The van der Waals surface area contributed by atoms with Crippen LogP contribution in [0.15, 0.2) is 12.4 Å². The van der Waals surface area contributed by atoms with Gasteiger partial charge in [-0.1, -0.05) is 0 Å². The SMILES string of the molecule is Cn1cc(C(=O)N2CCN(S(N)(=O)=O)CC2)cn1. The molecule has 0 spiro atoms. The Morgan fingerprint density at radius 2 is 1.94 bits per heavy atom. The van der Waals surface area contributed by atoms with Crippen molar-refractivity contribution < 1.29 is 13.2 Å². The zero-order valence-corrected chi connectivity index (χ0v) is 10.8. The number of nitrogens with zero attached hydrogens (tertiary/aromatic N) is 4. The fraction of sp³-hybridized carbons (Fsp3) is 0.556. The summed E-state index contributed by atoms with van der Waals surface area (Å²) in [7, 11) is -1.92. The summed E-state index contributed by atoms with van der Waals surface area (Å²) in [5, 5.41) is 8.96. The van der Waals surface area contributed by atoms with Crippen LogP contribution < -0.4 is 5.14 Å². The molecule has 8 nitrogen and oxygen atoms in total. The highest BCUT2D eigenvalue weighted by atomic mass is 32.2. The Morgan fingerprint density at radius 3 is 2.39 bits per heavy atom. The molecule has 0 atom stereocenters. The molecule has 2 rings (SSSR count). The molecule has 18 heavy (non-hydrogen) atoms. The van der Waals surface area contributed by atoms with E-state index in [0.717, 1.165) is 0 Å². The van der Waals surface area contributed by atoms with Gasteiger partial charge in [0, 0.05) is 39.4 Å². The first-order valence-electron chi connectivity index (χ1n) is 5.44. The Morgan fingerprint density at radius 1 is 1.33 bits per heavy atom. The second-order valence-corrected chi connectivity index (χ2v) is 5.69. The molecule has 1 fully saturated rings. The maximum atomic E-state index is 12.0. The Balaban J connectivity index is 2.00. The van der Waals surface area contributed by atoms with E-state index in [9.17, 15) is 13.2 Å². The molecular weight excluding hydrogens is 258 g/mol. The molecule has 1 aliphatic heterocycles. The molecule has 1 aromatic rings. The molecule has 0 radical (unpaired) electrons. The summed E-state index contributed by atoms with van der Waals surface area (Å²) in [5.41, 5.74) is 0.501. The average molecular weight is 273 g/mol. The van der Waals surface area contributed by atoms with Crippen LogP contribution in [0.3, 0.4) is 0 Å². The van der Waals surface area contributed by atoms with Crippen molar-refractivity contribution in [1.29, 1.82) is 0 Å².